The molecule has 0 fully saturated rings. The molecule has 2 aromatic heterocycles. The molecule has 2 heterocycles. The van der Waals surface area contributed by atoms with Gasteiger partial charge in [-0.25, -0.2) is 0 Å². The number of H-pyrrole nitrogens is 2. The SMILES string of the molecule is [B](c1ccc[nH]1)c1ccc[nH]1. The van der Waals surface area contributed by atoms with Crippen LogP contribution in [0.25, 0.3) is 0 Å². The summed E-state index contributed by atoms with van der Waals surface area (Å²) in [6.07, 6.45) is 3.82. The van der Waals surface area contributed by atoms with Crippen molar-refractivity contribution in [1.29, 1.82) is 0 Å². The Morgan fingerprint density at radius 3 is 1.82 bits per heavy atom. The van der Waals surface area contributed by atoms with E-state index in [2.05, 4.69) is 17.2 Å². The molecule has 0 atom stereocenters. The molecule has 0 bridgehead atoms. The van der Waals surface area contributed by atoms with Crippen LogP contribution in [0.4, 0.5) is 0 Å². The topological polar surface area (TPSA) is 31.6 Å². The van der Waals surface area contributed by atoms with Crippen LogP contribution in [0.2, 0.25) is 0 Å². The smallest absolute Gasteiger partial charge is 0.236 e. The normalized spacial score (nSPS) is 9.82. The van der Waals surface area contributed by atoms with Crippen LogP contribution in [0.1, 0.15) is 0 Å². The lowest BCUT2D eigenvalue weighted by Gasteiger charge is -1.90. The third-order valence-corrected chi connectivity index (χ3v) is 1.56. The molecule has 2 N–H and O–H groups in total. The number of rotatable bonds is 2. The van der Waals surface area contributed by atoms with E-state index in [1.807, 2.05) is 36.7 Å². The van der Waals surface area contributed by atoms with Gasteiger partial charge in [-0.05, 0) is 35.7 Å². The lowest BCUT2D eigenvalue weighted by molar-refractivity contribution is 1.45. The molecule has 0 aliphatic carbocycles. The van der Waals surface area contributed by atoms with E-state index in [1.54, 1.807) is 0 Å². The Balaban J connectivity index is 2.14. The van der Waals surface area contributed by atoms with Gasteiger partial charge in [0.15, 0.2) is 0 Å². The molecule has 0 amide bonds. The van der Waals surface area contributed by atoms with Gasteiger partial charge in [0.1, 0.15) is 0 Å². The van der Waals surface area contributed by atoms with Crippen molar-refractivity contribution in [3.05, 3.63) is 36.7 Å². The zero-order valence-corrected chi connectivity index (χ0v) is 6.04. The molecule has 3 heteroatoms. The molecule has 2 rings (SSSR count). The van der Waals surface area contributed by atoms with E-state index in [0.29, 0.717) is 0 Å². The standard InChI is InChI=1S/C8H8BN2/c1-3-7(10-5-1)9-8-4-2-6-11-8/h1-6,10-11H. The van der Waals surface area contributed by atoms with Gasteiger partial charge < -0.3 is 9.97 Å². The van der Waals surface area contributed by atoms with E-state index in [-0.39, 0.29) is 0 Å². The van der Waals surface area contributed by atoms with Gasteiger partial charge in [0.25, 0.3) is 0 Å². The maximum atomic E-state index is 3.10. The van der Waals surface area contributed by atoms with Crippen molar-refractivity contribution in [3.63, 3.8) is 0 Å². The maximum Gasteiger partial charge on any atom is 0.236 e. The van der Waals surface area contributed by atoms with Gasteiger partial charge in [0.2, 0.25) is 7.28 Å². The van der Waals surface area contributed by atoms with E-state index in [1.165, 1.54) is 0 Å². The first-order chi connectivity index (χ1) is 5.45. The summed E-state index contributed by atoms with van der Waals surface area (Å²) in [6, 6.07) is 8.02. The summed E-state index contributed by atoms with van der Waals surface area (Å²) in [5, 5.41) is 0. The van der Waals surface area contributed by atoms with E-state index in [4.69, 9.17) is 0 Å². The lowest BCUT2D eigenvalue weighted by Crippen LogP contribution is -2.28. The third-order valence-electron chi connectivity index (χ3n) is 1.56. The summed E-state index contributed by atoms with van der Waals surface area (Å²) < 4.78 is 0. The largest absolute Gasteiger partial charge is 0.373 e. The number of nitrogens with one attached hydrogen (secondary N) is 2. The van der Waals surface area contributed by atoms with Crippen molar-refractivity contribution in [2.75, 3.05) is 0 Å². The predicted molar refractivity (Wildman–Crippen MR) is 46.6 cm³/mol. The highest BCUT2D eigenvalue weighted by atomic mass is 14.7. The summed E-state index contributed by atoms with van der Waals surface area (Å²) in [5.41, 5.74) is 2.24. The molecule has 0 aliphatic rings. The Morgan fingerprint density at radius 1 is 0.909 bits per heavy atom. The summed E-state index contributed by atoms with van der Waals surface area (Å²) in [6.45, 7) is 0. The van der Waals surface area contributed by atoms with Crippen LogP contribution >= 0.6 is 0 Å². The molecule has 2 aromatic rings. The van der Waals surface area contributed by atoms with Gasteiger partial charge in [-0.3, -0.25) is 0 Å². The zero-order valence-electron chi connectivity index (χ0n) is 6.04. The van der Waals surface area contributed by atoms with E-state index in [0.717, 1.165) is 11.2 Å². The quantitative estimate of drug-likeness (QED) is 0.554. The highest BCUT2D eigenvalue weighted by Gasteiger charge is 1.97. The Labute approximate surface area is 65.9 Å². The fourth-order valence-electron chi connectivity index (χ4n) is 1.04. The highest BCUT2D eigenvalue weighted by molar-refractivity contribution is 6.65. The monoisotopic (exact) mass is 143 g/mol. The highest BCUT2D eigenvalue weighted by Crippen LogP contribution is 1.77. The van der Waals surface area contributed by atoms with Crippen LogP contribution in [0.3, 0.4) is 0 Å². The molecule has 0 unspecified atom stereocenters. The van der Waals surface area contributed by atoms with E-state index < -0.39 is 0 Å². The van der Waals surface area contributed by atoms with Gasteiger partial charge in [0, 0.05) is 0 Å². The van der Waals surface area contributed by atoms with Crippen molar-refractivity contribution in [2.24, 2.45) is 0 Å². The minimum absolute atomic E-state index is 1.12. The number of hydrogen-bond acceptors (Lipinski definition) is 0. The summed E-state index contributed by atoms with van der Waals surface area (Å²) >= 11 is 0. The number of aromatic amines is 2. The molecular weight excluding hydrogens is 135 g/mol. The number of hydrogen-bond donors (Lipinski definition) is 2. The molecule has 0 aliphatic heterocycles. The molecule has 11 heavy (non-hydrogen) atoms. The van der Waals surface area contributed by atoms with Crippen LogP contribution in [0.5, 0.6) is 0 Å². The second-order valence-electron chi connectivity index (χ2n) is 2.40. The zero-order chi connectivity index (χ0) is 7.52. The first-order valence-corrected chi connectivity index (χ1v) is 3.57. The molecule has 0 saturated carbocycles. The van der Waals surface area contributed by atoms with Crippen LogP contribution in [-0.2, 0) is 0 Å². The van der Waals surface area contributed by atoms with Gasteiger partial charge in [-0.15, -0.1) is 0 Å². The fraction of sp³-hybridized carbons (Fsp3) is 0. The Hall–Kier alpha value is -1.38. The van der Waals surface area contributed by atoms with Gasteiger partial charge >= 0.3 is 0 Å². The molecule has 53 valence electrons. The van der Waals surface area contributed by atoms with Crippen molar-refractivity contribution < 1.29 is 0 Å². The number of aromatic nitrogens is 2. The van der Waals surface area contributed by atoms with Crippen LogP contribution in [-0.4, -0.2) is 17.2 Å². The average molecular weight is 143 g/mol. The fourth-order valence-corrected chi connectivity index (χ4v) is 1.04. The minimum Gasteiger partial charge on any atom is -0.373 e. The first-order valence-electron chi connectivity index (χ1n) is 3.57. The summed E-state index contributed by atoms with van der Waals surface area (Å²) in [4.78, 5) is 6.20. The molecule has 1 radical (unpaired) electrons. The molecular formula is C8H8BN2. The summed E-state index contributed by atoms with van der Waals surface area (Å²) in [7, 11) is 2.06. The molecule has 0 saturated heterocycles. The van der Waals surface area contributed by atoms with Gasteiger partial charge in [0.05, 0.1) is 0 Å². The van der Waals surface area contributed by atoms with Crippen molar-refractivity contribution in [1.82, 2.24) is 9.97 Å². The molecule has 2 nitrogen and oxygen atoms in total. The first kappa shape index (κ1) is 6.34. The van der Waals surface area contributed by atoms with Gasteiger partial charge in [-0.2, -0.15) is 0 Å². The molecule has 0 aromatic carbocycles. The van der Waals surface area contributed by atoms with Gasteiger partial charge in [-0.1, -0.05) is 12.1 Å². The second kappa shape index (κ2) is 2.70. The van der Waals surface area contributed by atoms with Crippen LogP contribution < -0.4 is 11.2 Å². The minimum atomic E-state index is 1.12. The van der Waals surface area contributed by atoms with Crippen molar-refractivity contribution in [2.45, 2.75) is 0 Å². The third kappa shape index (κ3) is 1.37. The second-order valence-corrected chi connectivity index (χ2v) is 2.40. The average Bonchev–Trinajstić information content (AvgIpc) is 2.60. The predicted octanol–water partition coefficient (Wildman–Crippen LogP) is -0.00220. The van der Waals surface area contributed by atoms with Crippen LogP contribution in [0, 0.1) is 0 Å². The Morgan fingerprint density at radius 2 is 1.45 bits per heavy atom. The van der Waals surface area contributed by atoms with E-state index >= 15 is 0 Å². The lowest BCUT2D eigenvalue weighted by atomic mass is 9.71. The molecule has 0 spiro atoms. The Bertz CT molecular complexity index is 264. The Kier molecular flexibility index (Phi) is 1.56. The van der Waals surface area contributed by atoms with E-state index in [9.17, 15) is 0 Å². The van der Waals surface area contributed by atoms with Crippen LogP contribution in [0.15, 0.2) is 36.7 Å². The van der Waals surface area contributed by atoms with Crippen molar-refractivity contribution >= 4 is 18.5 Å². The van der Waals surface area contributed by atoms with Crippen molar-refractivity contribution in [3.8, 4) is 0 Å². The maximum absolute atomic E-state index is 3.10. The summed E-state index contributed by atoms with van der Waals surface area (Å²) in [5.74, 6) is 0.